The summed E-state index contributed by atoms with van der Waals surface area (Å²) in [5.41, 5.74) is 0. The summed E-state index contributed by atoms with van der Waals surface area (Å²) in [4.78, 5) is 21.5. The molecular weight excluding hydrogens is 284 g/mol. The Morgan fingerprint density at radius 3 is 2.50 bits per heavy atom. The number of carbonyl (C=O) groups excluding carboxylic acids is 2. The Morgan fingerprint density at radius 1 is 1.05 bits per heavy atom. The Bertz CT molecular complexity index is 637. The van der Waals surface area contributed by atoms with Gasteiger partial charge in [0, 0.05) is 19.4 Å². The van der Waals surface area contributed by atoms with Crippen LogP contribution in [0, 0.1) is 0 Å². The van der Waals surface area contributed by atoms with Crippen molar-refractivity contribution in [2.24, 2.45) is 0 Å². The van der Waals surface area contributed by atoms with Gasteiger partial charge in [-0.25, -0.2) is 0 Å². The molecule has 0 aliphatic carbocycles. The number of hydrogen-bond acceptors (Lipinski definition) is 5. The van der Waals surface area contributed by atoms with E-state index in [1.54, 1.807) is 18.2 Å². The lowest BCUT2D eigenvalue weighted by Gasteiger charge is -2.12. The van der Waals surface area contributed by atoms with Gasteiger partial charge >= 0.3 is 5.97 Å². The van der Waals surface area contributed by atoms with Crippen LogP contribution in [0.1, 0.15) is 13.3 Å². The van der Waals surface area contributed by atoms with Crippen LogP contribution in [-0.2, 0) is 9.59 Å². The van der Waals surface area contributed by atoms with E-state index in [-0.39, 0.29) is 18.8 Å². The largest absolute Gasteiger partial charge is 0.489 e. The third kappa shape index (κ3) is 4.63. The summed E-state index contributed by atoms with van der Waals surface area (Å²) in [5, 5.41) is 0. The predicted molar refractivity (Wildman–Crippen MR) is 80.4 cm³/mol. The number of para-hydroxylation sites is 1. The maximum absolute atomic E-state index is 11.2. The molecule has 0 fully saturated rings. The molecule has 5 heteroatoms. The van der Waals surface area contributed by atoms with Gasteiger partial charge < -0.3 is 19.0 Å². The van der Waals surface area contributed by atoms with Gasteiger partial charge in [-0.1, -0.05) is 18.2 Å². The highest BCUT2D eigenvalue weighted by atomic mass is 16.6. The van der Waals surface area contributed by atoms with Crippen LogP contribution in [0.5, 0.6) is 23.0 Å². The number of ether oxygens (including phenoxy) is 3. The third-order valence-corrected chi connectivity index (χ3v) is 2.64. The minimum absolute atomic E-state index is 0.219. The van der Waals surface area contributed by atoms with Crippen LogP contribution in [0.25, 0.3) is 0 Å². The second kappa shape index (κ2) is 7.83. The highest BCUT2D eigenvalue weighted by Crippen LogP contribution is 2.33. The number of hydrogen-bond donors (Lipinski definition) is 0. The molecule has 2 rings (SSSR count). The molecule has 0 aliphatic rings. The van der Waals surface area contributed by atoms with Crippen molar-refractivity contribution in [1.82, 2.24) is 0 Å². The summed E-state index contributed by atoms with van der Waals surface area (Å²) in [7, 11) is 0. The zero-order valence-electron chi connectivity index (χ0n) is 12.2. The third-order valence-electron chi connectivity index (χ3n) is 2.64. The normalized spacial score (nSPS) is 9.86. The zero-order valence-corrected chi connectivity index (χ0v) is 12.2. The predicted octanol–water partition coefficient (Wildman–Crippen LogP) is 3.37. The van der Waals surface area contributed by atoms with E-state index in [9.17, 15) is 9.59 Å². The molecule has 0 saturated carbocycles. The summed E-state index contributed by atoms with van der Waals surface area (Å²) in [5.74, 6) is 1.37. The van der Waals surface area contributed by atoms with Gasteiger partial charge in [-0.05, 0) is 24.3 Å². The fourth-order valence-electron chi connectivity index (χ4n) is 1.75. The average Bonchev–Trinajstić information content (AvgIpc) is 2.50. The number of benzene rings is 2. The Morgan fingerprint density at radius 2 is 1.82 bits per heavy atom. The molecule has 0 saturated heterocycles. The quantitative estimate of drug-likeness (QED) is 0.339. The lowest BCUT2D eigenvalue weighted by Crippen LogP contribution is -2.05. The van der Waals surface area contributed by atoms with Gasteiger partial charge in [-0.2, -0.15) is 0 Å². The van der Waals surface area contributed by atoms with Crippen LogP contribution in [0.2, 0.25) is 0 Å². The molecule has 0 aliphatic heterocycles. The smallest absolute Gasteiger partial charge is 0.308 e. The van der Waals surface area contributed by atoms with E-state index in [1.807, 2.05) is 30.3 Å². The van der Waals surface area contributed by atoms with Crippen LogP contribution in [0.4, 0.5) is 0 Å². The van der Waals surface area contributed by atoms with Gasteiger partial charge in [0.25, 0.3) is 0 Å². The highest BCUT2D eigenvalue weighted by Gasteiger charge is 2.10. The lowest BCUT2D eigenvalue weighted by atomic mass is 10.3. The van der Waals surface area contributed by atoms with Crippen LogP contribution in [0.3, 0.4) is 0 Å². The number of aldehydes is 1. The standard InChI is InChI=1S/C17H16O5/c1-13(19)21-17-12-15(22-14-6-3-2-4-7-14)8-9-16(17)20-11-5-10-18/h2-4,6-10,12H,5,11H2,1H3. The van der Waals surface area contributed by atoms with Crippen molar-refractivity contribution in [1.29, 1.82) is 0 Å². The molecule has 0 heterocycles. The average molecular weight is 300 g/mol. The SMILES string of the molecule is CC(=O)Oc1cc(Oc2ccccc2)ccc1OCCC=O. The molecule has 0 bridgehead atoms. The Hall–Kier alpha value is -2.82. The first kappa shape index (κ1) is 15.6. The van der Waals surface area contributed by atoms with E-state index in [0.717, 1.165) is 6.29 Å². The number of rotatable bonds is 7. The first-order valence-corrected chi connectivity index (χ1v) is 6.81. The van der Waals surface area contributed by atoms with Gasteiger partial charge in [0.2, 0.25) is 0 Å². The first-order valence-electron chi connectivity index (χ1n) is 6.81. The molecule has 0 unspecified atom stereocenters. The Balaban J connectivity index is 2.18. The topological polar surface area (TPSA) is 61.8 Å². The molecule has 0 atom stereocenters. The molecule has 2 aromatic rings. The maximum Gasteiger partial charge on any atom is 0.308 e. The number of esters is 1. The summed E-state index contributed by atoms with van der Waals surface area (Å²) in [6.45, 7) is 1.52. The van der Waals surface area contributed by atoms with Crippen molar-refractivity contribution in [3.63, 3.8) is 0 Å². The molecule has 0 amide bonds. The zero-order chi connectivity index (χ0) is 15.8. The maximum atomic E-state index is 11.2. The molecule has 114 valence electrons. The van der Waals surface area contributed by atoms with E-state index >= 15 is 0 Å². The van der Waals surface area contributed by atoms with E-state index in [1.165, 1.54) is 6.92 Å². The second-order valence-electron chi connectivity index (χ2n) is 4.42. The summed E-state index contributed by atoms with van der Waals surface area (Å²) < 4.78 is 16.2. The minimum atomic E-state index is -0.461. The van der Waals surface area contributed by atoms with Gasteiger partial charge in [-0.15, -0.1) is 0 Å². The monoisotopic (exact) mass is 300 g/mol. The molecule has 0 aromatic heterocycles. The van der Waals surface area contributed by atoms with Crippen molar-refractivity contribution >= 4 is 12.3 Å². The molecule has 5 nitrogen and oxygen atoms in total. The van der Waals surface area contributed by atoms with Gasteiger partial charge in [0.05, 0.1) is 6.61 Å². The van der Waals surface area contributed by atoms with E-state index in [2.05, 4.69) is 0 Å². The fraction of sp³-hybridized carbons (Fsp3) is 0.176. The number of carbonyl (C=O) groups is 2. The van der Waals surface area contributed by atoms with Crippen molar-refractivity contribution in [3.05, 3.63) is 48.5 Å². The first-order chi connectivity index (χ1) is 10.7. The molecule has 0 radical (unpaired) electrons. The highest BCUT2D eigenvalue weighted by molar-refractivity contribution is 5.70. The van der Waals surface area contributed by atoms with E-state index in [0.29, 0.717) is 17.2 Å². The van der Waals surface area contributed by atoms with Crippen LogP contribution in [-0.4, -0.2) is 18.9 Å². The van der Waals surface area contributed by atoms with Crippen molar-refractivity contribution in [3.8, 4) is 23.0 Å². The van der Waals surface area contributed by atoms with Gasteiger partial charge in [0.1, 0.15) is 17.8 Å². The van der Waals surface area contributed by atoms with Crippen LogP contribution in [0.15, 0.2) is 48.5 Å². The molecule has 2 aromatic carbocycles. The summed E-state index contributed by atoms with van der Waals surface area (Å²) in [6.07, 6.45) is 1.03. The minimum Gasteiger partial charge on any atom is -0.489 e. The molecule has 0 spiro atoms. The lowest BCUT2D eigenvalue weighted by molar-refractivity contribution is -0.132. The molecular formula is C17H16O5. The second-order valence-corrected chi connectivity index (χ2v) is 4.42. The van der Waals surface area contributed by atoms with Crippen molar-refractivity contribution in [2.75, 3.05) is 6.61 Å². The van der Waals surface area contributed by atoms with Gasteiger partial charge in [0.15, 0.2) is 11.5 Å². The summed E-state index contributed by atoms with van der Waals surface area (Å²) in [6, 6.07) is 14.2. The van der Waals surface area contributed by atoms with Gasteiger partial charge in [-0.3, -0.25) is 4.79 Å². The van der Waals surface area contributed by atoms with E-state index < -0.39 is 5.97 Å². The van der Waals surface area contributed by atoms with Crippen molar-refractivity contribution in [2.45, 2.75) is 13.3 Å². The van der Waals surface area contributed by atoms with Crippen LogP contribution >= 0.6 is 0 Å². The molecule has 0 N–H and O–H groups in total. The summed E-state index contributed by atoms with van der Waals surface area (Å²) >= 11 is 0. The Labute approximate surface area is 128 Å². The Kier molecular flexibility index (Phi) is 5.54. The molecule has 22 heavy (non-hydrogen) atoms. The van der Waals surface area contributed by atoms with Crippen LogP contribution < -0.4 is 14.2 Å². The van der Waals surface area contributed by atoms with Crippen molar-refractivity contribution < 1.29 is 23.8 Å². The van der Waals surface area contributed by atoms with E-state index in [4.69, 9.17) is 14.2 Å². The fourth-order valence-corrected chi connectivity index (χ4v) is 1.75.